The van der Waals surface area contributed by atoms with E-state index in [2.05, 4.69) is 9.80 Å². The number of likely N-dealkylation sites (N-methyl/N-ethyl adjacent to an activating group) is 1. The lowest BCUT2D eigenvalue weighted by Crippen LogP contribution is -2.63. The van der Waals surface area contributed by atoms with Gasteiger partial charge in [-0.05, 0) is 62.3 Å². The molecule has 1 amide bonds. The number of ether oxygens (including phenoxy) is 1. The predicted octanol–water partition coefficient (Wildman–Crippen LogP) is 5.20. The van der Waals surface area contributed by atoms with Crippen molar-refractivity contribution in [2.45, 2.75) is 31.2 Å². The summed E-state index contributed by atoms with van der Waals surface area (Å²) in [7, 11) is 2.01. The smallest absolute Gasteiger partial charge is 0.416 e. The summed E-state index contributed by atoms with van der Waals surface area (Å²) < 4.78 is 45.4. The third kappa shape index (κ3) is 6.05. The summed E-state index contributed by atoms with van der Waals surface area (Å²) in [5, 5.41) is 0.932. The topological polar surface area (TPSA) is 36.0 Å². The number of piperazine rings is 1. The van der Waals surface area contributed by atoms with E-state index in [1.807, 2.05) is 19.2 Å². The fraction of sp³-hybridized carbons (Fsp3) is 0.480. The zero-order valence-corrected chi connectivity index (χ0v) is 21.0. The predicted molar refractivity (Wildman–Crippen MR) is 130 cm³/mol. The maximum atomic E-state index is 13.9. The molecule has 0 aromatic heterocycles. The number of carbonyl (C=O) groups excluding carboxylic acids is 1. The van der Waals surface area contributed by atoms with E-state index in [4.69, 9.17) is 27.9 Å². The summed E-state index contributed by atoms with van der Waals surface area (Å²) in [6.07, 6.45) is -3.28. The van der Waals surface area contributed by atoms with Crippen LogP contribution in [0.2, 0.25) is 10.0 Å². The molecule has 190 valence electrons. The number of hydrogen-bond acceptors (Lipinski definition) is 4. The van der Waals surface area contributed by atoms with Crippen LogP contribution in [-0.2, 0) is 17.5 Å². The van der Waals surface area contributed by atoms with E-state index >= 15 is 0 Å². The number of amides is 1. The zero-order valence-electron chi connectivity index (χ0n) is 19.5. The van der Waals surface area contributed by atoms with Crippen LogP contribution in [0.25, 0.3) is 0 Å². The van der Waals surface area contributed by atoms with Gasteiger partial charge in [0.1, 0.15) is 5.75 Å². The number of hydrogen-bond donors (Lipinski definition) is 0. The molecule has 0 bridgehead atoms. The van der Waals surface area contributed by atoms with Gasteiger partial charge in [-0.3, -0.25) is 9.69 Å². The first-order valence-corrected chi connectivity index (χ1v) is 12.3. The number of likely N-dealkylation sites (tertiary alicyclic amines) is 1. The molecule has 35 heavy (non-hydrogen) atoms. The van der Waals surface area contributed by atoms with Crippen molar-refractivity contribution in [1.29, 1.82) is 0 Å². The highest BCUT2D eigenvalue weighted by molar-refractivity contribution is 6.42. The molecule has 0 N–H and O–H groups in total. The second kappa shape index (κ2) is 10.5. The van der Waals surface area contributed by atoms with E-state index in [-0.39, 0.29) is 11.7 Å². The number of rotatable bonds is 5. The SMILES string of the molecule is CN1CCN(C(=O)C2(Oc3ccc(C(F)(F)F)cc3)CCCN(Cc3cccc(Cl)c3Cl)C2)CC1. The average molecular weight is 530 g/mol. The van der Waals surface area contributed by atoms with E-state index in [1.165, 1.54) is 12.1 Å². The van der Waals surface area contributed by atoms with Crippen LogP contribution in [0.1, 0.15) is 24.0 Å². The molecule has 2 aromatic carbocycles. The van der Waals surface area contributed by atoms with E-state index in [0.29, 0.717) is 49.1 Å². The lowest BCUT2D eigenvalue weighted by molar-refractivity contribution is -0.155. The van der Waals surface area contributed by atoms with Crippen LogP contribution >= 0.6 is 23.2 Å². The molecule has 1 unspecified atom stereocenters. The third-order valence-electron chi connectivity index (χ3n) is 6.63. The molecule has 4 rings (SSSR count). The van der Waals surface area contributed by atoms with Gasteiger partial charge in [-0.25, -0.2) is 0 Å². The van der Waals surface area contributed by atoms with Crippen LogP contribution in [0.5, 0.6) is 5.75 Å². The quantitative estimate of drug-likeness (QED) is 0.533. The second-order valence-corrected chi connectivity index (χ2v) is 10.0. The highest BCUT2D eigenvalue weighted by atomic mass is 35.5. The van der Waals surface area contributed by atoms with Crippen molar-refractivity contribution in [2.24, 2.45) is 0 Å². The first-order valence-electron chi connectivity index (χ1n) is 11.6. The number of piperidine rings is 1. The normalized spacial score (nSPS) is 22.3. The Kier molecular flexibility index (Phi) is 7.86. The highest BCUT2D eigenvalue weighted by Crippen LogP contribution is 2.35. The largest absolute Gasteiger partial charge is 0.476 e. The van der Waals surface area contributed by atoms with Crippen LogP contribution in [0, 0.1) is 0 Å². The zero-order chi connectivity index (χ0) is 25.2. The van der Waals surface area contributed by atoms with Crippen molar-refractivity contribution < 1.29 is 22.7 Å². The monoisotopic (exact) mass is 529 g/mol. The third-order valence-corrected chi connectivity index (χ3v) is 7.49. The molecule has 0 radical (unpaired) electrons. The standard InChI is InChI=1S/C25H28Cl2F3N3O2/c1-31-12-14-33(15-13-31)23(34)24(35-20-8-6-19(7-9-20)25(28,29)30)10-3-11-32(17-24)16-18-4-2-5-21(26)22(18)27/h2,4-9H,3,10-17H2,1H3. The molecule has 10 heteroatoms. The molecule has 2 aliphatic heterocycles. The molecule has 2 heterocycles. The molecule has 2 aliphatic rings. The van der Waals surface area contributed by atoms with Crippen LogP contribution < -0.4 is 4.74 Å². The van der Waals surface area contributed by atoms with Crippen LogP contribution in [0.4, 0.5) is 13.2 Å². The Morgan fingerprint density at radius 1 is 1.03 bits per heavy atom. The number of halogens is 5. The van der Waals surface area contributed by atoms with Gasteiger partial charge in [-0.1, -0.05) is 35.3 Å². The molecule has 2 saturated heterocycles. The highest BCUT2D eigenvalue weighted by Gasteiger charge is 2.47. The van der Waals surface area contributed by atoms with E-state index in [9.17, 15) is 18.0 Å². The summed E-state index contributed by atoms with van der Waals surface area (Å²) >= 11 is 12.6. The molecular weight excluding hydrogens is 502 g/mol. The van der Waals surface area contributed by atoms with E-state index in [0.717, 1.165) is 37.3 Å². The van der Waals surface area contributed by atoms with Gasteiger partial charge in [0.05, 0.1) is 15.6 Å². The molecule has 0 aliphatic carbocycles. The Balaban J connectivity index is 1.60. The maximum Gasteiger partial charge on any atom is 0.416 e. The lowest BCUT2D eigenvalue weighted by Gasteiger charge is -2.45. The molecule has 0 spiro atoms. The van der Waals surface area contributed by atoms with Crippen molar-refractivity contribution in [3.8, 4) is 5.75 Å². The minimum Gasteiger partial charge on any atom is -0.476 e. The fourth-order valence-corrected chi connectivity index (χ4v) is 5.07. The second-order valence-electron chi connectivity index (χ2n) is 9.24. The Hall–Kier alpha value is -2.00. The lowest BCUT2D eigenvalue weighted by atomic mass is 9.90. The number of nitrogens with zero attached hydrogens (tertiary/aromatic N) is 3. The fourth-order valence-electron chi connectivity index (χ4n) is 4.69. The van der Waals surface area contributed by atoms with Gasteiger partial charge >= 0.3 is 6.18 Å². The molecule has 0 saturated carbocycles. The van der Waals surface area contributed by atoms with Crippen LogP contribution in [-0.4, -0.2) is 72.5 Å². The van der Waals surface area contributed by atoms with Crippen molar-refractivity contribution in [2.75, 3.05) is 46.3 Å². The minimum atomic E-state index is -4.44. The van der Waals surface area contributed by atoms with E-state index < -0.39 is 17.3 Å². The molecular formula is C25H28Cl2F3N3O2. The summed E-state index contributed by atoms with van der Waals surface area (Å²) in [4.78, 5) is 19.9. The summed E-state index contributed by atoms with van der Waals surface area (Å²) in [5.41, 5.74) is -1.12. The minimum absolute atomic E-state index is 0.132. The van der Waals surface area contributed by atoms with E-state index in [1.54, 1.807) is 11.0 Å². The Bertz CT molecular complexity index is 1040. The Morgan fingerprint density at radius 2 is 1.71 bits per heavy atom. The van der Waals surface area contributed by atoms with Gasteiger partial charge in [-0.15, -0.1) is 0 Å². The summed E-state index contributed by atoms with van der Waals surface area (Å²) in [6, 6.07) is 9.98. The molecule has 2 fully saturated rings. The van der Waals surface area contributed by atoms with Crippen molar-refractivity contribution >= 4 is 29.1 Å². The Labute approximate surface area is 213 Å². The molecule has 1 atom stereocenters. The van der Waals surface area contributed by atoms with Gasteiger partial charge in [0.2, 0.25) is 0 Å². The number of benzene rings is 2. The maximum absolute atomic E-state index is 13.9. The van der Waals surface area contributed by atoms with Crippen LogP contribution in [0.3, 0.4) is 0 Å². The molecule has 2 aromatic rings. The summed E-state index contributed by atoms with van der Waals surface area (Å²) in [5.74, 6) is 0.107. The van der Waals surface area contributed by atoms with Gasteiger partial charge < -0.3 is 14.5 Å². The molecule has 5 nitrogen and oxygen atoms in total. The van der Waals surface area contributed by atoms with Gasteiger partial charge in [0.25, 0.3) is 5.91 Å². The van der Waals surface area contributed by atoms with Crippen LogP contribution in [0.15, 0.2) is 42.5 Å². The van der Waals surface area contributed by atoms with Gasteiger partial charge in [0.15, 0.2) is 5.60 Å². The average Bonchev–Trinajstić information content (AvgIpc) is 2.82. The first-order chi connectivity index (χ1) is 16.6. The summed E-state index contributed by atoms with van der Waals surface area (Å²) in [6.45, 7) is 4.17. The van der Waals surface area contributed by atoms with Crippen molar-refractivity contribution in [3.63, 3.8) is 0 Å². The van der Waals surface area contributed by atoms with Gasteiger partial charge in [-0.2, -0.15) is 13.2 Å². The number of alkyl halides is 3. The van der Waals surface area contributed by atoms with Gasteiger partial charge in [0, 0.05) is 39.3 Å². The first kappa shape index (κ1) is 26.1. The van der Waals surface area contributed by atoms with Crippen molar-refractivity contribution in [3.05, 3.63) is 63.6 Å². The Morgan fingerprint density at radius 3 is 2.37 bits per heavy atom. The van der Waals surface area contributed by atoms with Crippen molar-refractivity contribution in [1.82, 2.24) is 14.7 Å². The number of carbonyl (C=O) groups is 1.